The predicted molar refractivity (Wildman–Crippen MR) is 90.1 cm³/mol. The van der Waals surface area contributed by atoms with Crippen LogP contribution in [-0.2, 0) is 16.1 Å². The van der Waals surface area contributed by atoms with Crippen molar-refractivity contribution in [3.05, 3.63) is 12.7 Å². The van der Waals surface area contributed by atoms with Gasteiger partial charge in [-0.3, -0.25) is 4.79 Å². The Hall–Kier alpha value is -2.33. The van der Waals surface area contributed by atoms with Gasteiger partial charge >= 0.3 is 0 Å². The SMILES string of the molecule is CC1OCCC1(O)Cn1cnc2c(N3C[C@H](F)C[C@H]3C(N)=O)ncnc21. The molecule has 0 aliphatic carbocycles. The lowest BCUT2D eigenvalue weighted by atomic mass is 9.97. The van der Waals surface area contributed by atoms with Crippen molar-refractivity contribution in [3.8, 4) is 0 Å². The minimum atomic E-state index is -1.16. The molecule has 2 aliphatic rings. The number of amides is 1. The van der Waals surface area contributed by atoms with Gasteiger partial charge in [0.25, 0.3) is 0 Å². The molecule has 0 saturated carbocycles. The lowest BCUT2D eigenvalue weighted by Gasteiger charge is -2.26. The summed E-state index contributed by atoms with van der Waals surface area (Å²) in [6.07, 6.45) is 2.01. The number of aliphatic hydroxyl groups is 1. The van der Waals surface area contributed by atoms with Crippen molar-refractivity contribution in [2.24, 2.45) is 5.73 Å². The molecule has 4 rings (SSSR count). The van der Waals surface area contributed by atoms with E-state index in [9.17, 15) is 14.3 Å². The molecule has 0 bridgehead atoms. The second-order valence-electron chi connectivity index (χ2n) is 7.01. The van der Waals surface area contributed by atoms with E-state index in [4.69, 9.17) is 10.5 Å². The Bertz CT molecular complexity index is 844. The van der Waals surface area contributed by atoms with Crippen LogP contribution < -0.4 is 10.6 Å². The van der Waals surface area contributed by atoms with Gasteiger partial charge in [-0.05, 0) is 6.92 Å². The van der Waals surface area contributed by atoms with Crippen molar-refractivity contribution in [3.63, 3.8) is 0 Å². The number of nitrogens with zero attached hydrogens (tertiary/aromatic N) is 5. The number of anilines is 1. The van der Waals surface area contributed by atoms with E-state index in [2.05, 4.69) is 15.0 Å². The summed E-state index contributed by atoms with van der Waals surface area (Å²) >= 11 is 0. The number of carbonyl (C=O) groups excluding carboxylic acids is 1. The molecule has 140 valence electrons. The van der Waals surface area contributed by atoms with Crippen LogP contribution in [-0.4, -0.2) is 67.6 Å². The van der Waals surface area contributed by atoms with Crippen LogP contribution in [0.25, 0.3) is 11.2 Å². The molecule has 3 N–H and O–H groups in total. The summed E-state index contributed by atoms with van der Waals surface area (Å²) in [5, 5.41) is 10.8. The number of aromatic nitrogens is 4. The van der Waals surface area contributed by atoms with Gasteiger partial charge in [0, 0.05) is 19.4 Å². The van der Waals surface area contributed by atoms with Gasteiger partial charge in [-0.2, -0.15) is 0 Å². The fraction of sp³-hybridized carbons (Fsp3) is 0.625. The molecule has 0 radical (unpaired) electrons. The van der Waals surface area contributed by atoms with Gasteiger partial charge in [0.1, 0.15) is 24.1 Å². The molecule has 1 amide bonds. The maximum absolute atomic E-state index is 13.9. The van der Waals surface area contributed by atoms with E-state index in [1.165, 1.54) is 6.33 Å². The van der Waals surface area contributed by atoms with E-state index in [1.54, 1.807) is 15.8 Å². The van der Waals surface area contributed by atoms with Crippen LogP contribution in [0.3, 0.4) is 0 Å². The van der Waals surface area contributed by atoms with Crippen molar-refractivity contribution < 1.29 is 19.0 Å². The average Bonchev–Trinajstić information content (AvgIpc) is 3.27. The van der Waals surface area contributed by atoms with Gasteiger partial charge in [0.05, 0.1) is 25.5 Å². The Kier molecular flexibility index (Phi) is 4.03. The summed E-state index contributed by atoms with van der Waals surface area (Å²) in [5.74, 6) is -0.219. The van der Waals surface area contributed by atoms with E-state index in [1.807, 2.05) is 6.92 Å². The fourth-order valence-electron chi connectivity index (χ4n) is 3.76. The topological polar surface area (TPSA) is 119 Å². The third-order valence-corrected chi connectivity index (χ3v) is 5.34. The molecule has 2 fully saturated rings. The van der Waals surface area contributed by atoms with Crippen LogP contribution in [0.4, 0.5) is 10.2 Å². The van der Waals surface area contributed by atoms with E-state index in [0.717, 1.165) is 0 Å². The first-order valence-corrected chi connectivity index (χ1v) is 8.59. The number of imidazole rings is 1. The predicted octanol–water partition coefficient (Wildman–Crippen LogP) is -0.232. The summed E-state index contributed by atoms with van der Waals surface area (Å²) in [7, 11) is 0. The van der Waals surface area contributed by atoms with Crippen LogP contribution in [0.1, 0.15) is 19.8 Å². The quantitative estimate of drug-likeness (QED) is 0.769. The Morgan fingerprint density at radius 3 is 3.00 bits per heavy atom. The number of hydrogen-bond acceptors (Lipinski definition) is 7. The highest BCUT2D eigenvalue weighted by molar-refractivity contribution is 5.89. The number of halogens is 1. The van der Waals surface area contributed by atoms with E-state index in [0.29, 0.717) is 30.0 Å². The van der Waals surface area contributed by atoms with Gasteiger partial charge in [0.15, 0.2) is 17.0 Å². The van der Waals surface area contributed by atoms with Crippen molar-refractivity contribution >= 4 is 22.9 Å². The molecule has 9 nitrogen and oxygen atoms in total. The lowest BCUT2D eigenvalue weighted by Crippen LogP contribution is -2.41. The van der Waals surface area contributed by atoms with Gasteiger partial charge in [-0.15, -0.1) is 0 Å². The average molecular weight is 364 g/mol. The largest absolute Gasteiger partial charge is 0.385 e. The molecular formula is C16H21FN6O3. The Balaban J connectivity index is 1.71. The standard InChI is InChI=1S/C16H21FN6O3/c1-9-16(25,2-3-26-9)6-22-8-21-12-14(22)19-7-20-15(12)23-5-10(17)4-11(23)13(18)24/h7-11,25H,2-6H2,1H3,(H2,18,24)/t9?,10-,11+,16?/m1/s1. The normalized spacial score (nSPS) is 31.8. The number of ether oxygens (including phenoxy) is 1. The van der Waals surface area contributed by atoms with Crippen LogP contribution >= 0.6 is 0 Å². The van der Waals surface area contributed by atoms with E-state index in [-0.39, 0.29) is 25.6 Å². The molecule has 4 heterocycles. The molecule has 0 aromatic carbocycles. The van der Waals surface area contributed by atoms with Crippen molar-refractivity contribution in [2.75, 3.05) is 18.1 Å². The van der Waals surface area contributed by atoms with E-state index < -0.39 is 23.7 Å². The van der Waals surface area contributed by atoms with E-state index >= 15 is 0 Å². The van der Waals surface area contributed by atoms with Crippen LogP contribution in [0.5, 0.6) is 0 Å². The number of nitrogens with two attached hydrogens (primary N) is 1. The number of primary amides is 1. The number of rotatable bonds is 4. The molecule has 2 saturated heterocycles. The molecule has 10 heteroatoms. The Morgan fingerprint density at radius 2 is 2.31 bits per heavy atom. The highest BCUT2D eigenvalue weighted by Crippen LogP contribution is 2.32. The molecule has 2 aromatic rings. The third-order valence-electron chi connectivity index (χ3n) is 5.34. The second kappa shape index (κ2) is 6.13. The lowest BCUT2D eigenvalue weighted by molar-refractivity contribution is -0.119. The maximum atomic E-state index is 13.9. The molecule has 2 unspecified atom stereocenters. The minimum Gasteiger partial charge on any atom is -0.385 e. The van der Waals surface area contributed by atoms with Crippen molar-refractivity contribution in [2.45, 2.75) is 50.2 Å². The molecular weight excluding hydrogens is 343 g/mol. The smallest absolute Gasteiger partial charge is 0.240 e. The summed E-state index contributed by atoms with van der Waals surface area (Å²) in [5.41, 5.74) is 5.36. The second-order valence-corrected chi connectivity index (χ2v) is 7.01. The van der Waals surface area contributed by atoms with Crippen LogP contribution in [0.15, 0.2) is 12.7 Å². The first-order chi connectivity index (χ1) is 12.4. The Morgan fingerprint density at radius 1 is 1.50 bits per heavy atom. The highest BCUT2D eigenvalue weighted by Gasteiger charge is 2.41. The number of hydrogen-bond donors (Lipinski definition) is 2. The number of carbonyl (C=O) groups is 1. The summed E-state index contributed by atoms with van der Waals surface area (Å²) in [6.45, 7) is 2.62. The number of alkyl halides is 1. The van der Waals surface area contributed by atoms with Gasteiger partial charge in [0.2, 0.25) is 5.91 Å². The fourth-order valence-corrected chi connectivity index (χ4v) is 3.76. The first-order valence-electron chi connectivity index (χ1n) is 8.59. The number of fused-ring (bicyclic) bond motifs is 1. The highest BCUT2D eigenvalue weighted by atomic mass is 19.1. The molecule has 2 aliphatic heterocycles. The zero-order chi connectivity index (χ0) is 18.5. The zero-order valence-electron chi connectivity index (χ0n) is 14.4. The minimum absolute atomic E-state index is 0.0292. The third kappa shape index (κ3) is 2.69. The zero-order valence-corrected chi connectivity index (χ0v) is 14.4. The summed E-state index contributed by atoms with van der Waals surface area (Å²) in [6, 6.07) is -0.763. The van der Waals surface area contributed by atoms with Gasteiger partial charge in [-0.1, -0.05) is 0 Å². The van der Waals surface area contributed by atoms with Crippen molar-refractivity contribution in [1.29, 1.82) is 0 Å². The summed E-state index contributed by atoms with van der Waals surface area (Å²) < 4.78 is 21.1. The monoisotopic (exact) mass is 364 g/mol. The molecule has 2 aromatic heterocycles. The first kappa shape index (κ1) is 17.1. The van der Waals surface area contributed by atoms with Crippen molar-refractivity contribution in [1.82, 2.24) is 19.5 Å². The van der Waals surface area contributed by atoms with Crippen LogP contribution in [0.2, 0.25) is 0 Å². The molecule has 4 atom stereocenters. The maximum Gasteiger partial charge on any atom is 0.240 e. The van der Waals surface area contributed by atoms with Gasteiger partial charge < -0.3 is 25.0 Å². The molecule has 0 spiro atoms. The van der Waals surface area contributed by atoms with Crippen LogP contribution in [0, 0.1) is 0 Å². The summed E-state index contributed by atoms with van der Waals surface area (Å²) in [4.78, 5) is 26.0. The van der Waals surface area contributed by atoms with Gasteiger partial charge in [-0.25, -0.2) is 19.3 Å². The Labute approximate surface area is 149 Å². The molecule has 26 heavy (non-hydrogen) atoms.